The Morgan fingerprint density at radius 1 is 0.952 bits per heavy atom. The van der Waals surface area contributed by atoms with Crippen molar-refractivity contribution < 1.29 is 22.7 Å². The van der Waals surface area contributed by atoms with Crippen LogP contribution in [0.1, 0.15) is 38.5 Å². The lowest BCUT2D eigenvalue weighted by molar-refractivity contribution is -0.205. The number of allylic oxidation sites excluding steroid dienone is 4. The molecule has 1 fully saturated rings. The lowest BCUT2D eigenvalue weighted by atomic mass is 10.1. The Balaban J connectivity index is 0.000000262. The number of rotatable bonds is 1. The number of halogens is 3. The predicted molar refractivity (Wildman–Crippen MR) is 74.2 cm³/mol. The van der Waals surface area contributed by atoms with Gasteiger partial charge in [0, 0.05) is 12.4 Å². The fourth-order valence-corrected chi connectivity index (χ4v) is 1.98. The number of nitrogens with one attached hydrogen (secondary N) is 1. The van der Waals surface area contributed by atoms with Gasteiger partial charge in [-0.1, -0.05) is 25.0 Å². The Bertz CT molecular complexity index is 378. The summed E-state index contributed by atoms with van der Waals surface area (Å²) in [5.41, 5.74) is 0. The maximum absolute atomic E-state index is 11.8. The molecule has 118 valence electrons. The van der Waals surface area contributed by atoms with Crippen LogP contribution < -0.4 is 5.32 Å². The summed E-state index contributed by atoms with van der Waals surface area (Å²) in [6, 6.07) is 0. The van der Waals surface area contributed by atoms with E-state index in [0.29, 0.717) is 12.8 Å². The van der Waals surface area contributed by atoms with Gasteiger partial charge in [-0.05, 0) is 37.8 Å². The van der Waals surface area contributed by atoms with E-state index < -0.39 is 18.2 Å². The van der Waals surface area contributed by atoms with Gasteiger partial charge in [-0.15, -0.1) is 0 Å². The van der Waals surface area contributed by atoms with Crippen LogP contribution in [0.4, 0.5) is 13.2 Å². The van der Waals surface area contributed by atoms with Crippen molar-refractivity contribution in [2.45, 2.75) is 50.8 Å². The van der Waals surface area contributed by atoms with Gasteiger partial charge in [-0.25, -0.2) is 4.79 Å². The average molecular weight is 303 g/mol. The molecule has 0 aromatic carbocycles. The second-order valence-electron chi connectivity index (χ2n) is 4.79. The molecule has 0 radical (unpaired) electrons. The lowest BCUT2D eigenvalue weighted by Crippen LogP contribution is -2.29. The number of carbonyl (C=O) groups is 1. The number of hydrogen-bond donors (Lipinski definition) is 1. The monoisotopic (exact) mass is 303 g/mol. The van der Waals surface area contributed by atoms with Crippen LogP contribution in [-0.4, -0.2) is 18.2 Å². The van der Waals surface area contributed by atoms with E-state index in [9.17, 15) is 18.0 Å². The third-order valence-electron chi connectivity index (χ3n) is 3.03. The van der Waals surface area contributed by atoms with Gasteiger partial charge in [-0.2, -0.15) is 13.2 Å². The maximum Gasteiger partial charge on any atom is 0.490 e. The third-order valence-corrected chi connectivity index (χ3v) is 3.03. The molecule has 0 spiro atoms. The van der Waals surface area contributed by atoms with E-state index in [4.69, 9.17) is 0 Å². The molecule has 0 unspecified atom stereocenters. The average Bonchev–Trinajstić information content (AvgIpc) is 2.85. The summed E-state index contributed by atoms with van der Waals surface area (Å²) in [5.74, 6) is -2.05. The van der Waals surface area contributed by atoms with Crippen molar-refractivity contribution in [2.24, 2.45) is 0 Å². The van der Waals surface area contributed by atoms with E-state index in [1.54, 1.807) is 0 Å². The van der Waals surface area contributed by atoms with E-state index in [2.05, 4.69) is 10.1 Å². The minimum atomic E-state index is -4.85. The molecule has 0 aromatic heterocycles. The highest BCUT2D eigenvalue weighted by Gasteiger charge is 2.42. The molecule has 1 aliphatic heterocycles. The Kier molecular flexibility index (Phi) is 7.64. The molecule has 2 rings (SSSR count). The molecule has 0 amide bonds. The molecule has 0 atom stereocenters. The van der Waals surface area contributed by atoms with Gasteiger partial charge in [0.15, 0.2) is 0 Å². The molecule has 1 aliphatic carbocycles. The van der Waals surface area contributed by atoms with Crippen molar-refractivity contribution >= 4 is 5.97 Å². The molecule has 0 saturated heterocycles. The number of ether oxygens (including phenoxy) is 1. The molecule has 1 heterocycles. The van der Waals surface area contributed by atoms with Crippen LogP contribution in [0, 0.1) is 0 Å². The lowest BCUT2D eigenvalue weighted by Gasteiger charge is -2.16. The van der Waals surface area contributed by atoms with Crippen molar-refractivity contribution in [2.75, 3.05) is 0 Å². The van der Waals surface area contributed by atoms with Gasteiger partial charge in [0.05, 0.1) is 0 Å². The summed E-state index contributed by atoms with van der Waals surface area (Å²) < 4.78 is 39.9. The van der Waals surface area contributed by atoms with Crippen LogP contribution in [-0.2, 0) is 9.53 Å². The second-order valence-corrected chi connectivity index (χ2v) is 4.79. The molecule has 3 nitrogen and oxygen atoms in total. The molecule has 2 aliphatic rings. The molecule has 0 bridgehead atoms. The van der Waals surface area contributed by atoms with Gasteiger partial charge in [0.2, 0.25) is 0 Å². The van der Waals surface area contributed by atoms with Crippen LogP contribution >= 0.6 is 0 Å². The Morgan fingerprint density at radius 3 is 1.95 bits per heavy atom. The largest absolute Gasteiger partial charge is 0.490 e. The first-order valence-corrected chi connectivity index (χ1v) is 7.02. The number of alkyl halides is 3. The van der Waals surface area contributed by atoms with Crippen LogP contribution in [0.5, 0.6) is 0 Å². The van der Waals surface area contributed by atoms with Crippen LogP contribution in [0.3, 0.4) is 0 Å². The van der Waals surface area contributed by atoms with Crippen LogP contribution in [0.25, 0.3) is 0 Å². The van der Waals surface area contributed by atoms with E-state index in [1.807, 2.05) is 36.7 Å². The summed E-state index contributed by atoms with van der Waals surface area (Å²) in [7, 11) is 0. The Labute approximate surface area is 122 Å². The highest BCUT2D eigenvalue weighted by atomic mass is 19.4. The standard InChI is InChI=1S/C9H13F3O2.C6H7N/c10-9(11,12)8(13)14-7-5-3-1-2-4-6-7;1-2-4-6-7-5-3-1/h7H,1-6H2;1-7H. The van der Waals surface area contributed by atoms with Gasteiger partial charge in [0.1, 0.15) is 6.10 Å². The number of esters is 1. The van der Waals surface area contributed by atoms with E-state index in [-0.39, 0.29) is 0 Å². The predicted octanol–water partition coefficient (Wildman–Crippen LogP) is 3.99. The van der Waals surface area contributed by atoms with Gasteiger partial charge >= 0.3 is 12.1 Å². The molecular weight excluding hydrogens is 283 g/mol. The Morgan fingerprint density at radius 2 is 1.48 bits per heavy atom. The zero-order valence-corrected chi connectivity index (χ0v) is 11.7. The molecule has 21 heavy (non-hydrogen) atoms. The summed E-state index contributed by atoms with van der Waals surface area (Å²) >= 11 is 0. The fraction of sp³-hybridized carbons (Fsp3) is 0.533. The van der Waals surface area contributed by atoms with Crippen molar-refractivity contribution in [3.05, 3.63) is 36.7 Å². The van der Waals surface area contributed by atoms with E-state index in [0.717, 1.165) is 25.7 Å². The van der Waals surface area contributed by atoms with Crippen molar-refractivity contribution in [1.29, 1.82) is 0 Å². The topological polar surface area (TPSA) is 38.3 Å². The minimum absolute atomic E-state index is 0.536. The zero-order chi connectivity index (χ0) is 15.6. The SMILES string of the molecule is C1=CC=CNC=C1.O=C(OC1CCCCCC1)C(F)(F)F. The van der Waals surface area contributed by atoms with E-state index in [1.165, 1.54) is 0 Å². The molecule has 6 heteroatoms. The number of carbonyl (C=O) groups excluding carboxylic acids is 1. The van der Waals surface area contributed by atoms with Gasteiger partial charge in [0.25, 0.3) is 0 Å². The molecule has 1 N–H and O–H groups in total. The third kappa shape index (κ3) is 8.22. The second kappa shape index (κ2) is 9.26. The van der Waals surface area contributed by atoms with Crippen molar-refractivity contribution in [3.63, 3.8) is 0 Å². The van der Waals surface area contributed by atoms with Gasteiger partial charge < -0.3 is 10.1 Å². The molecule has 0 aromatic rings. The first-order chi connectivity index (χ1) is 10.00. The highest BCUT2D eigenvalue weighted by molar-refractivity contribution is 5.75. The Hall–Kier alpha value is -1.72. The fourth-order valence-electron chi connectivity index (χ4n) is 1.98. The van der Waals surface area contributed by atoms with Gasteiger partial charge in [-0.3, -0.25) is 0 Å². The quantitative estimate of drug-likeness (QED) is 0.588. The normalized spacial score (nSPS) is 18.8. The zero-order valence-electron chi connectivity index (χ0n) is 11.7. The minimum Gasteiger partial charge on any atom is -0.456 e. The highest BCUT2D eigenvalue weighted by Crippen LogP contribution is 2.23. The first kappa shape index (κ1) is 17.3. The van der Waals surface area contributed by atoms with Crippen molar-refractivity contribution in [1.82, 2.24) is 5.32 Å². The van der Waals surface area contributed by atoms with Crippen LogP contribution in [0.15, 0.2) is 36.7 Å². The molecule has 1 saturated carbocycles. The summed E-state index contributed by atoms with van der Waals surface area (Å²) in [4.78, 5) is 10.5. The number of hydrogen-bond acceptors (Lipinski definition) is 3. The van der Waals surface area contributed by atoms with E-state index >= 15 is 0 Å². The summed E-state index contributed by atoms with van der Waals surface area (Å²) in [5, 5.41) is 2.92. The smallest absolute Gasteiger partial charge is 0.456 e. The van der Waals surface area contributed by atoms with Crippen LogP contribution in [0.2, 0.25) is 0 Å². The molecular formula is C15H20F3NO2. The summed E-state index contributed by atoms with van der Waals surface area (Å²) in [6.07, 6.45) is 11.0. The maximum atomic E-state index is 11.8. The first-order valence-electron chi connectivity index (χ1n) is 7.02. The van der Waals surface area contributed by atoms with Crippen molar-refractivity contribution in [3.8, 4) is 0 Å². The summed E-state index contributed by atoms with van der Waals surface area (Å²) in [6.45, 7) is 0.